The topological polar surface area (TPSA) is 58.6 Å². The molecule has 0 unspecified atom stereocenters. The predicted octanol–water partition coefficient (Wildman–Crippen LogP) is 1.71. The Morgan fingerprint density at radius 1 is 1.40 bits per heavy atom. The number of fused-ring (bicyclic) bond motifs is 1. The number of benzene rings is 1. The lowest BCUT2D eigenvalue weighted by Gasteiger charge is -2.26. The third-order valence-corrected chi connectivity index (χ3v) is 3.91. The molecule has 1 N–H and O–H groups in total. The average Bonchev–Trinajstić information content (AvgIpc) is 2.97. The van der Waals surface area contributed by atoms with Crippen molar-refractivity contribution >= 4 is 23.2 Å². The zero-order valence-corrected chi connectivity index (χ0v) is 11.5. The summed E-state index contributed by atoms with van der Waals surface area (Å²) < 4.78 is 5.37. The van der Waals surface area contributed by atoms with Gasteiger partial charge in [-0.25, -0.2) is 0 Å². The fourth-order valence-corrected chi connectivity index (χ4v) is 2.74. The third kappa shape index (κ3) is 2.41. The fraction of sp³-hybridized carbons (Fsp3) is 0.467. The van der Waals surface area contributed by atoms with Gasteiger partial charge >= 0.3 is 0 Å². The van der Waals surface area contributed by atoms with Crippen LogP contribution in [0.5, 0.6) is 0 Å². The number of anilines is 2. The molecule has 5 nitrogen and oxygen atoms in total. The summed E-state index contributed by atoms with van der Waals surface area (Å²) in [5, 5.41) is 2.89. The van der Waals surface area contributed by atoms with Crippen LogP contribution in [0.2, 0.25) is 0 Å². The first-order valence-electron chi connectivity index (χ1n) is 6.97. The van der Waals surface area contributed by atoms with Crippen molar-refractivity contribution < 1.29 is 14.3 Å². The van der Waals surface area contributed by atoms with E-state index in [1.807, 2.05) is 18.2 Å². The molecule has 1 saturated heterocycles. The van der Waals surface area contributed by atoms with Crippen LogP contribution in [0.25, 0.3) is 0 Å². The van der Waals surface area contributed by atoms with Crippen LogP contribution in [-0.4, -0.2) is 31.6 Å². The second-order valence-electron chi connectivity index (χ2n) is 5.29. The van der Waals surface area contributed by atoms with E-state index < -0.39 is 0 Å². The zero-order chi connectivity index (χ0) is 14.1. The molecule has 0 spiro atoms. The van der Waals surface area contributed by atoms with Crippen molar-refractivity contribution in [3.63, 3.8) is 0 Å². The number of hydrogen-bond donors (Lipinski definition) is 1. The normalized spacial score (nSPS) is 21.8. The number of hydrogen-bond acceptors (Lipinski definition) is 3. The van der Waals surface area contributed by atoms with Crippen LogP contribution >= 0.6 is 0 Å². The molecule has 1 atom stereocenters. The van der Waals surface area contributed by atoms with Crippen molar-refractivity contribution in [2.24, 2.45) is 0 Å². The summed E-state index contributed by atoms with van der Waals surface area (Å²) in [6.07, 6.45) is 2.65. The summed E-state index contributed by atoms with van der Waals surface area (Å²) in [6, 6.07) is 5.67. The molecule has 20 heavy (non-hydrogen) atoms. The highest BCUT2D eigenvalue weighted by Crippen LogP contribution is 2.29. The lowest BCUT2D eigenvalue weighted by atomic mass is 10.0. The second kappa shape index (κ2) is 5.25. The van der Waals surface area contributed by atoms with Gasteiger partial charge in [-0.15, -0.1) is 0 Å². The Kier molecular flexibility index (Phi) is 3.44. The molecule has 2 heterocycles. The standard InChI is InChI=1S/C15H18N2O3/c1-17-12-6-5-11(9-10(12)4-7-14(17)18)16-15(19)13-3-2-8-20-13/h5-6,9,13H,2-4,7-8H2,1H3,(H,16,19)/t13-/m1/s1. The van der Waals surface area contributed by atoms with Gasteiger partial charge < -0.3 is 15.0 Å². The largest absolute Gasteiger partial charge is 0.368 e. The Morgan fingerprint density at radius 2 is 2.25 bits per heavy atom. The quantitative estimate of drug-likeness (QED) is 0.893. The maximum absolute atomic E-state index is 12.0. The first-order valence-corrected chi connectivity index (χ1v) is 6.97. The van der Waals surface area contributed by atoms with Crippen molar-refractivity contribution in [3.8, 4) is 0 Å². The fourth-order valence-electron chi connectivity index (χ4n) is 2.74. The van der Waals surface area contributed by atoms with E-state index in [0.717, 1.165) is 36.2 Å². The first kappa shape index (κ1) is 13.1. The molecule has 2 aliphatic heterocycles. The second-order valence-corrected chi connectivity index (χ2v) is 5.29. The molecule has 106 valence electrons. The van der Waals surface area contributed by atoms with Gasteiger partial charge in [0.2, 0.25) is 5.91 Å². The predicted molar refractivity (Wildman–Crippen MR) is 75.8 cm³/mol. The minimum absolute atomic E-state index is 0.0808. The van der Waals surface area contributed by atoms with Gasteiger partial charge in [-0.2, -0.15) is 0 Å². The lowest BCUT2D eigenvalue weighted by Crippen LogP contribution is -2.31. The van der Waals surface area contributed by atoms with E-state index in [4.69, 9.17) is 4.74 Å². The molecule has 0 radical (unpaired) electrons. The Hall–Kier alpha value is -1.88. The minimum atomic E-state index is -0.324. The molecule has 1 fully saturated rings. The van der Waals surface area contributed by atoms with Gasteiger partial charge in [0.15, 0.2) is 0 Å². The van der Waals surface area contributed by atoms with E-state index in [2.05, 4.69) is 5.32 Å². The van der Waals surface area contributed by atoms with Crippen molar-refractivity contribution in [2.75, 3.05) is 23.9 Å². The zero-order valence-electron chi connectivity index (χ0n) is 11.5. The Balaban J connectivity index is 1.75. The van der Waals surface area contributed by atoms with E-state index in [1.54, 1.807) is 11.9 Å². The van der Waals surface area contributed by atoms with Crippen LogP contribution in [0.4, 0.5) is 11.4 Å². The van der Waals surface area contributed by atoms with Crippen LogP contribution in [0.15, 0.2) is 18.2 Å². The molecule has 1 aromatic carbocycles. The van der Waals surface area contributed by atoms with Crippen molar-refractivity contribution in [1.82, 2.24) is 0 Å². The number of carbonyl (C=O) groups excluding carboxylic acids is 2. The number of aryl methyl sites for hydroxylation is 1. The maximum atomic E-state index is 12.0. The van der Waals surface area contributed by atoms with Crippen LogP contribution in [0.3, 0.4) is 0 Å². The molecule has 2 aliphatic rings. The maximum Gasteiger partial charge on any atom is 0.253 e. The average molecular weight is 274 g/mol. The highest BCUT2D eigenvalue weighted by atomic mass is 16.5. The smallest absolute Gasteiger partial charge is 0.253 e. The molecule has 0 bridgehead atoms. The van der Waals surface area contributed by atoms with Crippen LogP contribution in [0.1, 0.15) is 24.8 Å². The van der Waals surface area contributed by atoms with Crippen LogP contribution in [0, 0.1) is 0 Å². The van der Waals surface area contributed by atoms with Gasteiger partial charge in [-0.3, -0.25) is 9.59 Å². The summed E-state index contributed by atoms with van der Waals surface area (Å²) in [5.41, 5.74) is 2.79. The molecule has 0 aliphatic carbocycles. The Bertz CT molecular complexity index is 550. The molecule has 0 aromatic heterocycles. The molecular formula is C15H18N2O3. The molecule has 3 rings (SSSR count). The third-order valence-electron chi connectivity index (χ3n) is 3.91. The highest BCUT2D eigenvalue weighted by molar-refractivity contribution is 5.98. The van der Waals surface area contributed by atoms with Crippen molar-refractivity contribution in [1.29, 1.82) is 0 Å². The van der Waals surface area contributed by atoms with E-state index >= 15 is 0 Å². The van der Waals surface area contributed by atoms with Gasteiger partial charge in [0.25, 0.3) is 5.91 Å². The van der Waals surface area contributed by atoms with Gasteiger partial charge in [-0.1, -0.05) is 0 Å². The van der Waals surface area contributed by atoms with Crippen LogP contribution in [-0.2, 0) is 20.7 Å². The Morgan fingerprint density at radius 3 is 3.00 bits per heavy atom. The number of nitrogens with zero attached hydrogens (tertiary/aromatic N) is 1. The monoisotopic (exact) mass is 274 g/mol. The first-order chi connectivity index (χ1) is 9.65. The number of carbonyl (C=O) groups is 2. The minimum Gasteiger partial charge on any atom is -0.368 e. The number of nitrogens with one attached hydrogen (secondary N) is 1. The van der Waals surface area contributed by atoms with Crippen LogP contribution < -0.4 is 10.2 Å². The van der Waals surface area contributed by atoms with Gasteiger partial charge in [-0.05, 0) is 43.0 Å². The molecule has 2 amide bonds. The SMILES string of the molecule is CN1C(=O)CCc2cc(NC(=O)[C@H]3CCCO3)ccc21. The number of ether oxygens (including phenoxy) is 1. The van der Waals surface area contributed by atoms with E-state index in [9.17, 15) is 9.59 Å². The summed E-state index contributed by atoms with van der Waals surface area (Å²) >= 11 is 0. The van der Waals surface area contributed by atoms with Crippen molar-refractivity contribution in [2.45, 2.75) is 31.8 Å². The summed E-state index contributed by atoms with van der Waals surface area (Å²) in [6.45, 7) is 0.662. The van der Waals surface area contributed by atoms with Crippen molar-refractivity contribution in [3.05, 3.63) is 23.8 Å². The lowest BCUT2D eigenvalue weighted by molar-refractivity contribution is -0.124. The molecular weight excluding hydrogens is 256 g/mol. The number of rotatable bonds is 2. The molecule has 0 saturated carbocycles. The summed E-state index contributed by atoms with van der Waals surface area (Å²) in [4.78, 5) is 25.3. The molecule has 1 aromatic rings. The van der Waals surface area contributed by atoms with E-state index in [-0.39, 0.29) is 17.9 Å². The number of amides is 2. The van der Waals surface area contributed by atoms with Gasteiger partial charge in [0, 0.05) is 31.5 Å². The Labute approximate surface area is 117 Å². The summed E-state index contributed by atoms with van der Waals surface area (Å²) in [5.74, 6) is 0.0522. The molecule has 5 heteroatoms. The summed E-state index contributed by atoms with van der Waals surface area (Å²) in [7, 11) is 1.78. The van der Waals surface area contributed by atoms with Gasteiger partial charge in [0.05, 0.1) is 0 Å². The van der Waals surface area contributed by atoms with Gasteiger partial charge in [0.1, 0.15) is 6.10 Å². The highest BCUT2D eigenvalue weighted by Gasteiger charge is 2.25. The van der Waals surface area contributed by atoms with E-state index in [1.165, 1.54) is 0 Å². The van der Waals surface area contributed by atoms with E-state index in [0.29, 0.717) is 13.0 Å².